The van der Waals surface area contributed by atoms with Crippen LogP contribution in [0.5, 0.6) is 0 Å². The molecule has 0 aliphatic heterocycles. The quantitative estimate of drug-likeness (QED) is 0.324. The molecule has 35 heavy (non-hydrogen) atoms. The normalized spacial score (nSPS) is 18.1. The van der Waals surface area contributed by atoms with Crippen LogP contribution in [0, 0.1) is 5.92 Å². The minimum absolute atomic E-state index is 0.0209. The highest BCUT2D eigenvalue weighted by Gasteiger charge is 2.27. The summed E-state index contributed by atoms with van der Waals surface area (Å²) in [5, 5.41) is 9.94. The molecule has 0 unspecified atom stereocenters. The van der Waals surface area contributed by atoms with Gasteiger partial charge in [-0.2, -0.15) is 0 Å². The van der Waals surface area contributed by atoms with Crippen LogP contribution in [0.2, 0.25) is 0 Å². The second-order valence-electron chi connectivity index (χ2n) is 9.29. The van der Waals surface area contributed by atoms with E-state index in [0.29, 0.717) is 11.6 Å². The van der Waals surface area contributed by atoms with Crippen LogP contribution < -0.4 is 0 Å². The Morgan fingerprint density at radius 2 is 1.86 bits per heavy atom. The number of hydrogen-bond acceptors (Lipinski definition) is 5. The van der Waals surface area contributed by atoms with Crippen LogP contribution in [0.1, 0.15) is 43.9 Å². The van der Waals surface area contributed by atoms with Crippen molar-refractivity contribution < 1.29 is 19.1 Å². The molecule has 1 aliphatic carbocycles. The van der Waals surface area contributed by atoms with Crippen LogP contribution in [-0.2, 0) is 22.4 Å². The van der Waals surface area contributed by atoms with Gasteiger partial charge in [0.05, 0.1) is 17.2 Å². The summed E-state index contributed by atoms with van der Waals surface area (Å²) >= 11 is 0. The van der Waals surface area contributed by atoms with Crippen LogP contribution >= 0.6 is 0 Å². The number of hydrogen-bond donors (Lipinski definition) is 1. The fourth-order valence-corrected chi connectivity index (χ4v) is 5.16. The van der Waals surface area contributed by atoms with Gasteiger partial charge in [-0.25, -0.2) is 14.8 Å². The number of aromatic nitrogens is 2. The van der Waals surface area contributed by atoms with Crippen LogP contribution in [0.3, 0.4) is 0 Å². The van der Waals surface area contributed by atoms with Crippen molar-refractivity contribution in [2.75, 3.05) is 6.61 Å². The number of carboxylic acid groups (broad SMARTS) is 1. The van der Waals surface area contributed by atoms with Gasteiger partial charge in [-0.15, -0.1) is 0 Å². The minimum atomic E-state index is -0.921. The van der Waals surface area contributed by atoms with E-state index in [-0.39, 0.29) is 12.7 Å². The molecule has 4 aromatic rings. The highest BCUT2D eigenvalue weighted by atomic mass is 16.5. The second-order valence-corrected chi connectivity index (χ2v) is 9.29. The van der Waals surface area contributed by atoms with E-state index in [1.807, 2.05) is 18.2 Å². The highest BCUT2D eigenvalue weighted by molar-refractivity contribution is 6.01. The smallest absolute Gasteiger partial charge is 0.329 e. The van der Waals surface area contributed by atoms with E-state index in [0.717, 1.165) is 72.1 Å². The molecule has 2 atom stereocenters. The molecule has 0 spiro atoms. The Hall–Kier alpha value is -3.51. The van der Waals surface area contributed by atoms with Gasteiger partial charge in [-0.3, -0.25) is 0 Å². The molecule has 1 aliphatic rings. The molecule has 1 fully saturated rings. The Morgan fingerprint density at radius 3 is 2.60 bits per heavy atom. The monoisotopic (exact) mass is 470 g/mol. The van der Waals surface area contributed by atoms with E-state index in [9.17, 15) is 4.79 Å². The Bertz CT molecular complexity index is 1300. The summed E-state index contributed by atoms with van der Waals surface area (Å²) in [4.78, 5) is 20.2. The molecule has 2 heterocycles. The zero-order valence-electron chi connectivity index (χ0n) is 19.9. The third-order valence-electron chi connectivity index (χ3n) is 6.91. The average molecular weight is 471 g/mol. The van der Waals surface area contributed by atoms with Crippen LogP contribution in [0.15, 0.2) is 65.3 Å². The molecule has 180 valence electrons. The molecule has 0 saturated heterocycles. The molecule has 6 nitrogen and oxygen atoms in total. The van der Waals surface area contributed by atoms with Crippen LogP contribution in [0.25, 0.3) is 33.6 Å². The maximum Gasteiger partial charge on any atom is 0.329 e. The maximum absolute atomic E-state index is 10.9. The third kappa shape index (κ3) is 5.13. The SMILES string of the molecule is CCc1ccc(-c2c(-c3ccccc3)oc3ncnc(C[C@@H]4CCC[C@H](OCC(=O)O)C4)c23)cc1. The lowest BCUT2D eigenvalue weighted by Crippen LogP contribution is -2.26. The number of nitrogens with zero attached hydrogens (tertiary/aromatic N) is 2. The fourth-order valence-electron chi connectivity index (χ4n) is 5.16. The van der Waals surface area contributed by atoms with Crippen molar-refractivity contribution in [1.29, 1.82) is 0 Å². The standard InChI is InChI=1S/C29H30N2O4/c1-2-19-11-13-21(14-12-19)26-27-24(16-20-7-6-10-23(15-20)34-17-25(32)33)30-18-31-29(27)35-28(26)22-8-4-3-5-9-22/h3-5,8-9,11-14,18,20,23H,2,6-7,10,15-17H2,1H3,(H,32,33)/t20-,23+/m1/s1. The fraction of sp³-hybridized carbons (Fsp3) is 0.345. The lowest BCUT2D eigenvalue weighted by molar-refractivity contribution is -0.145. The van der Waals surface area contributed by atoms with E-state index in [1.165, 1.54) is 5.56 Å². The number of benzene rings is 2. The van der Waals surface area contributed by atoms with Crippen molar-refractivity contribution in [1.82, 2.24) is 9.97 Å². The lowest BCUT2D eigenvalue weighted by Gasteiger charge is -2.28. The molecule has 0 bridgehead atoms. The van der Waals surface area contributed by atoms with Crippen molar-refractivity contribution in [2.45, 2.75) is 51.6 Å². The van der Waals surface area contributed by atoms with Gasteiger partial charge in [0.2, 0.25) is 5.71 Å². The topological polar surface area (TPSA) is 85.5 Å². The first kappa shape index (κ1) is 23.2. The molecule has 1 saturated carbocycles. The Morgan fingerprint density at radius 1 is 1.06 bits per heavy atom. The van der Waals surface area contributed by atoms with Gasteiger partial charge in [0.25, 0.3) is 0 Å². The summed E-state index contributed by atoms with van der Waals surface area (Å²) < 4.78 is 12.0. The van der Waals surface area contributed by atoms with Gasteiger partial charge in [0.1, 0.15) is 18.7 Å². The zero-order chi connectivity index (χ0) is 24.2. The third-order valence-corrected chi connectivity index (χ3v) is 6.91. The van der Waals surface area contributed by atoms with Gasteiger partial charge in [-0.05, 0) is 49.1 Å². The van der Waals surface area contributed by atoms with Crippen molar-refractivity contribution in [3.63, 3.8) is 0 Å². The Kier molecular flexibility index (Phi) is 6.91. The van der Waals surface area contributed by atoms with Crippen LogP contribution in [-0.4, -0.2) is 33.8 Å². The predicted molar refractivity (Wildman–Crippen MR) is 135 cm³/mol. The van der Waals surface area contributed by atoms with E-state index < -0.39 is 5.97 Å². The summed E-state index contributed by atoms with van der Waals surface area (Å²) in [7, 11) is 0. The zero-order valence-corrected chi connectivity index (χ0v) is 19.9. The molecule has 0 amide bonds. The van der Waals surface area contributed by atoms with Gasteiger partial charge < -0.3 is 14.3 Å². The van der Waals surface area contributed by atoms with Gasteiger partial charge >= 0.3 is 5.97 Å². The number of fused-ring (bicyclic) bond motifs is 1. The minimum Gasteiger partial charge on any atom is -0.480 e. The number of carbonyl (C=O) groups is 1. The second kappa shape index (κ2) is 10.4. The first-order valence-corrected chi connectivity index (χ1v) is 12.4. The lowest BCUT2D eigenvalue weighted by atomic mass is 9.83. The first-order chi connectivity index (χ1) is 17.1. The molecule has 5 rings (SSSR count). The first-order valence-electron chi connectivity index (χ1n) is 12.4. The van der Waals surface area contributed by atoms with Crippen molar-refractivity contribution in [3.05, 3.63) is 72.2 Å². The number of rotatable bonds is 8. The Balaban J connectivity index is 1.55. The number of aryl methyl sites for hydroxylation is 1. The summed E-state index contributed by atoms with van der Waals surface area (Å²) in [5.41, 5.74) is 5.97. The van der Waals surface area contributed by atoms with Crippen molar-refractivity contribution in [2.24, 2.45) is 5.92 Å². The number of ether oxygens (including phenoxy) is 1. The number of aliphatic carboxylic acids is 1. The largest absolute Gasteiger partial charge is 0.480 e. The summed E-state index contributed by atoms with van der Waals surface area (Å²) in [6, 6.07) is 18.8. The molecular formula is C29H30N2O4. The molecule has 1 N–H and O–H groups in total. The van der Waals surface area contributed by atoms with Crippen molar-refractivity contribution in [3.8, 4) is 22.5 Å². The molecule has 6 heteroatoms. The van der Waals surface area contributed by atoms with Gasteiger partial charge in [-0.1, -0.05) is 67.9 Å². The molecule has 2 aromatic carbocycles. The van der Waals surface area contributed by atoms with E-state index in [2.05, 4.69) is 48.3 Å². The molecule has 2 aromatic heterocycles. The Labute approximate surface area is 205 Å². The summed E-state index contributed by atoms with van der Waals surface area (Å²) in [6.45, 7) is 1.91. The molecule has 0 radical (unpaired) electrons. The van der Waals surface area contributed by atoms with E-state index in [1.54, 1.807) is 6.33 Å². The highest BCUT2D eigenvalue weighted by Crippen LogP contribution is 2.42. The summed E-state index contributed by atoms with van der Waals surface area (Å²) in [5.74, 6) is 0.249. The van der Waals surface area contributed by atoms with Crippen molar-refractivity contribution >= 4 is 17.1 Å². The van der Waals surface area contributed by atoms with E-state index in [4.69, 9.17) is 19.2 Å². The number of carboxylic acids is 1. The van der Waals surface area contributed by atoms with E-state index >= 15 is 0 Å². The van der Waals surface area contributed by atoms with Gasteiger partial charge in [0.15, 0.2) is 0 Å². The van der Waals surface area contributed by atoms with Gasteiger partial charge in [0, 0.05) is 11.1 Å². The average Bonchev–Trinajstić information content (AvgIpc) is 3.29. The molecular weight excluding hydrogens is 440 g/mol. The maximum atomic E-state index is 10.9. The predicted octanol–water partition coefficient (Wildman–Crippen LogP) is 6.32. The van der Waals surface area contributed by atoms with Crippen LogP contribution in [0.4, 0.5) is 0 Å². The number of furan rings is 1. The summed E-state index contributed by atoms with van der Waals surface area (Å²) in [6.07, 6.45) is 7.16.